The minimum absolute atomic E-state index is 0.0149. The molecule has 2 heterocycles. The second-order valence-electron chi connectivity index (χ2n) is 8.93. The minimum Gasteiger partial charge on any atom is -0.351 e. The van der Waals surface area contributed by atoms with Crippen LogP contribution >= 0.6 is 0 Å². The summed E-state index contributed by atoms with van der Waals surface area (Å²) in [5.41, 5.74) is 7.14. The van der Waals surface area contributed by atoms with E-state index in [1.807, 2.05) is 29.2 Å². The van der Waals surface area contributed by atoms with Crippen LogP contribution < -0.4 is 0 Å². The number of aryl methyl sites for hydroxylation is 2. The number of hydrogen-bond acceptors (Lipinski definition) is 2. The SMILES string of the molecule is O=C1C=C2N(C(=O)c3cc4c5c(ccc4[nH]3)CCC5)C[C@H]3C[C@@]23c2ccccc21. The molecule has 4 aliphatic rings. The van der Waals surface area contributed by atoms with Crippen molar-refractivity contribution in [3.05, 3.63) is 82.2 Å². The Labute approximate surface area is 168 Å². The van der Waals surface area contributed by atoms with Gasteiger partial charge in [0.15, 0.2) is 5.78 Å². The van der Waals surface area contributed by atoms with E-state index in [4.69, 9.17) is 0 Å². The number of H-pyrrole nitrogens is 1. The highest BCUT2D eigenvalue weighted by atomic mass is 16.2. The number of hydrogen-bond donors (Lipinski definition) is 1. The van der Waals surface area contributed by atoms with E-state index < -0.39 is 0 Å². The molecule has 0 radical (unpaired) electrons. The number of aromatic nitrogens is 1. The molecule has 2 fully saturated rings. The number of piperidine rings is 1. The average Bonchev–Trinajstić information content (AvgIpc) is 3.11. The number of carbonyl (C=O) groups excluding carboxylic acids is 2. The molecular formula is C25H20N2O2. The fourth-order valence-electron chi connectivity index (χ4n) is 6.13. The Bertz CT molecular complexity index is 1300. The van der Waals surface area contributed by atoms with Gasteiger partial charge in [-0.3, -0.25) is 9.59 Å². The molecule has 0 bridgehead atoms. The summed E-state index contributed by atoms with van der Waals surface area (Å²) in [5, 5.41) is 1.18. The number of fused-ring (bicyclic) bond motifs is 4. The van der Waals surface area contributed by atoms with Crippen LogP contribution in [0.5, 0.6) is 0 Å². The third-order valence-corrected chi connectivity index (χ3v) is 7.56. The maximum Gasteiger partial charge on any atom is 0.274 e. The lowest BCUT2D eigenvalue weighted by Gasteiger charge is -2.29. The maximum atomic E-state index is 13.5. The van der Waals surface area contributed by atoms with E-state index in [0.29, 0.717) is 18.2 Å². The Morgan fingerprint density at radius 3 is 2.97 bits per heavy atom. The third kappa shape index (κ3) is 1.85. The number of allylic oxidation sites excluding steroid dienone is 2. The topological polar surface area (TPSA) is 53.2 Å². The first kappa shape index (κ1) is 15.7. The molecular weight excluding hydrogens is 360 g/mol. The number of rotatable bonds is 1. The fraction of sp³-hybridized carbons (Fsp3) is 0.280. The second kappa shape index (κ2) is 5.07. The first-order valence-corrected chi connectivity index (χ1v) is 10.5. The molecule has 1 spiro atoms. The molecule has 1 amide bonds. The van der Waals surface area contributed by atoms with Gasteiger partial charge < -0.3 is 9.88 Å². The van der Waals surface area contributed by atoms with Gasteiger partial charge in [-0.2, -0.15) is 0 Å². The largest absolute Gasteiger partial charge is 0.351 e. The number of aromatic amines is 1. The van der Waals surface area contributed by atoms with E-state index in [2.05, 4.69) is 23.2 Å². The molecule has 29 heavy (non-hydrogen) atoms. The van der Waals surface area contributed by atoms with Crippen LogP contribution in [0.2, 0.25) is 0 Å². The predicted octanol–water partition coefficient (Wildman–Crippen LogP) is 4.15. The summed E-state index contributed by atoms with van der Waals surface area (Å²) in [5.74, 6) is 0.416. The fourth-order valence-corrected chi connectivity index (χ4v) is 6.13. The molecule has 3 aromatic rings. The number of carbonyl (C=O) groups is 2. The molecule has 0 unspecified atom stereocenters. The summed E-state index contributed by atoms with van der Waals surface area (Å²) in [6, 6.07) is 14.2. The van der Waals surface area contributed by atoms with Gasteiger partial charge in [0.25, 0.3) is 5.91 Å². The van der Waals surface area contributed by atoms with Crippen molar-refractivity contribution in [1.29, 1.82) is 0 Å². The van der Waals surface area contributed by atoms with E-state index in [1.54, 1.807) is 6.08 Å². The minimum atomic E-state index is -0.132. The molecule has 2 aromatic carbocycles. The number of nitrogens with zero attached hydrogens (tertiary/aromatic N) is 1. The molecule has 1 saturated carbocycles. The molecule has 7 rings (SSSR count). The Morgan fingerprint density at radius 1 is 1.14 bits per heavy atom. The highest BCUT2D eigenvalue weighted by Gasteiger charge is 2.67. The monoisotopic (exact) mass is 380 g/mol. The van der Waals surface area contributed by atoms with E-state index in [0.717, 1.165) is 41.6 Å². The van der Waals surface area contributed by atoms with E-state index in [-0.39, 0.29) is 17.1 Å². The van der Waals surface area contributed by atoms with Crippen molar-refractivity contribution >= 4 is 22.6 Å². The van der Waals surface area contributed by atoms with E-state index in [9.17, 15) is 9.59 Å². The standard InChI is InChI=1S/C25H20N2O2/c28-22-11-23-25(19-7-2-1-5-17(19)22)12-15(25)13-27(23)24(29)21-10-18-16-6-3-4-14(16)8-9-20(18)26-21/h1-2,5,7-11,15,26H,3-4,6,12-13H2/t15-,25-/m1/s1. The molecule has 4 nitrogen and oxygen atoms in total. The Hall–Kier alpha value is -3.14. The van der Waals surface area contributed by atoms with Crippen molar-refractivity contribution in [2.45, 2.75) is 31.1 Å². The summed E-state index contributed by atoms with van der Waals surface area (Å²) in [6.07, 6.45) is 6.16. The lowest BCUT2D eigenvalue weighted by molar-refractivity contribution is 0.0806. The highest BCUT2D eigenvalue weighted by Crippen LogP contribution is 2.66. The van der Waals surface area contributed by atoms with Crippen molar-refractivity contribution < 1.29 is 9.59 Å². The van der Waals surface area contributed by atoms with Gasteiger partial charge in [0, 0.05) is 40.2 Å². The van der Waals surface area contributed by atoms with Crippen LogP contribution in [0.4, 0.5) is 0 Å². The Balaban J connectivity index is 1.32. The van der Waals surface area contributed by atoms with Gasteiger partial charge in [0.2, 0.25) is 0 Å². The summed E-state index contributed by atoms with van der Waals surface area (Å²) in [7, 11) is 0. The van der Waals surface area contributed by atoms with Crippen molar-refractivity contribution in [1.82, 2.24) is 9.88 Å². The van der Waals surface area contributed by atoms with Gasteiger partial charge in [-0.15, -0.1) is 0 Å². The molecule has 1 aliphatic heterocycles. The predicted molar refractivity (Wildman–Crippen MR) is 110 cm³/mol. The highest BCUT2D eigenvalue weighted by molar-refractivity contribution is 6.10. The van der Waals surface area contributed by atoms with Crippen molar-refractivity contribution in [3.8, 4) is 0 Å². The first-order valence-electron chi connectivity index (χ1n) is 10.5. The number of nitrogens with one attached hydrogen (secondary N) is 1. The zero-order chi connectivity index (χ0) is 19.3. The number of likely N-dealkylation sites (tertiary alicyclic amines) is 1. The second-order valence-corrected chi connectivity index (χ2v) is 8.93. The first-order chi connectivity index (χ1) is 14.2. The molecule has 142 valence electrons. The van der Waals surface area contributed by atoms with Crippen molar-refractivity contribution in [2.24, 2.45) is 5.92 Å². The van der Waals surface area contributed by atoms with Crippen molar-refractivity contribution in [3.63, 3.8) is 0 Å². The summed E-state index contributed by atoms with van der Waals surface area (Å²) in [4.78, 5) is 31.4. The van der Waals surface area contributed by atoms with Crippen LogP contribution in [0.25, 0.3) is 10.9 Å². The molecule has 2 atom stereocenters. The number of benzene rings is 2. The van der Waals surface area contributed by atoms with E-state index in [1.165, 1.54) is 22.9 Å². The van der Waals surface area contributed by atoms with Gasteiger partial charge in [-0.05, 0) is 60.4 Å². The molecule has 4 heteroatoms. The molecule has 1 saturated heterocycles. The van der Waals surface area contributed by atoms with Crippen LogP contribution in [0, 0.1) is 5.92 Å². The van der Waals surface area contributed by atoms with Crippen LogP contribution in [0.15, 0.2) is 54.2 Å². The Morgan fingerprint density at radius 2 is 2.03 bits per heavy atom. The van der Waals surface area contributed by atoms with Gasteiger partial charge in [0.05, 0.1) is 0 Å². The quantitative estimate of drug-likeness (QED) is 0.689. The normalized spacial score (nSPS) is 26.1. The van der Waals surface area contributed by atoms with Gasteiger partial charge >= 0.3 is 0 Å². The zero-order valence-corrected chi connectivity index (χ0v) is 16.0. The van der Waals surface area contributed by atoms with E-state index >= 15 is 0 Å². The smallest absolute Gasteiger partial charge is 0.274 e. The summed E-state index contributed by atoms with van der Waals surface area (Å²) in [6.45, 7) is 0.694. The van der Waals surface area contributed by atoms with Crippen LogP contribution in [-0.4, -0.2) is 28.1 Å². The Kier molecular flexibility index (Phi) is 2.75. The van der Waals surface area contributed by atoms with Gasteiger partial charge in [-0.1, -0.05) is 30.3 Å². The maximum absolute atomic E-state index is 13.5. The molecule has 1 N–H and O–H groups in total. The number of amides is 1. The average molecular weight is 380 g/mol. The van der Waals surface area contributed by atoms with Crippen LogP contribution in [0.1, 0.15) is 50.4 Å². The number of ketones is 1. The molecule has 1 aromatic heterocycles. The van der Waals surface area contributed by atoms with Gasteiger partial charge in [-0.25, -0.2) is 0 Å². The summed E-state index contributed by atoms with van der Waals surface area (Å²) < 4.78 is 0. The van der Waals surface area contributed by atoms with Gasteiger partial charge in [0.1, 0.15) is 5.69 Å². The molecule has 3 aliphatic carbocycles. The van der Waals surface area contributed by atoms with Crippen molar-refractivity contribution in [2.75, 3.05) is 6.54 Å². The lowest BCUT2D eigenvalue weighted by atomic mass is 9.81. The zero-order valence-electron chi connectivity index (χ0n) is 16.0. The third-order valence-electron chi connectivity index (χ3n) is 7.56. The summed E-state index contributed by atoms with van der Waals surface area (Å²) >= 11 is 0. The van der Waals surface area contributed by atoms with Crippen LogP contribution in [0.3, 0.4) is 0 Å². The van der Waals surface area contributed by atoms with Crippen LogP contribution in [-0.2, 0) is 18.3 Å². The lowest BCUT2D eigenvalue weighted by Crippen LogP contribution is -2.33.